The van der Waals surface area contributed by atoms with Crippen LogP contribution in [-0.2, 0) is 0 Å². The molecule has 1 N–H and O–H groups in total. The Morgan fingerprint density at radius 3 is 2.79 bits per heavy atom. The lowest BCUT2D eigenvalue weighted by Gasteiger charge is -2.39. The zero-order valence-electron chi connectivity index (χ0n) is 9.12. The molecule has 0 amide bonds. The highest BCUT2D eigenvalue weighted by Crippen LogP contribution is 2.11. The molecule has 2 atom stereocenters. The van der Waals surface area contributed by atoms with Crippen LogP contribution in [0.4, 0.5) is 0 Å². The van der Waals surface area contributed by atoms with Gasteiger partial charge in [0.25, 0.3) is 0 Å². The number of β-amino-alcohol motifs (C(OH)–C–C–N with tert-alkyl or cyclic N) is 1. The van der Waals surface area contributed by atoms with Gasteiger partial charge in [-0.1, -0.05) is 22.9 Å². The molecule has 0 saturated carbocycles. The second-order valence-corrected chi connectivity index (χ2v) is 4.76. The third-order valence-electron chi connectivity index (χ3n) is 2.98. The molecule has 0 aromatic carbocycles. The van der Waals surface area contributed by atoms with Crippen LogP contribution in [0, 0.1) is 0 Å². The molecule has 0 aromatic rings. The molecule has 0 bridgehead atoms. The van der Waals surface area contributed by atoms with Crippen molar-refractivity contribution in [3.8, 4) is 0 Å². The fraction of sp³-hybridized carbons (Fsp3) is 1.00. The van der Waals surface area contributed by atoms with Crippen LogP contribution in [0.25, 0.3) is 0 Å². The predicted octanol–water partition coefficient (Wildman–Crippen LogP) is 0.768. The summed E-state index contributed by atoms with van der Waals surface area (Å²) in [5.74, 6) is 0. The lowest BCUT2D eigenvalue weighted by atomic mass is 10.1. The van der Waals surface area contributed by atoms with E-state index in [-0.39, 0.29) is 6.10 Å². The van der Waals surface area contributed by atoms with Crippen LogP contribution in [0.15, 0.2) is 0 Å². The van der Waals surface area contributed by atoms with Gasteiger partial charge in [-0.05, 0) is 13.5 Å². The Morgan fingerprint density at radius 1 is 1.50 bits per heavy atom. The van der Waals surface area contributed by atoms with Gasteiger partial charge in [-0.2, -0.15) is 0 Å². The fourth-order valence-electron chi connectivity index (χ4n) is 1.96. The van der Waals surface area contributed by atoms with Crippen molar-refractivity contribution in [3.05, 3.63) is 0 Å². The smallest absolute Gasteiger partial charge is 0.0763 e. The van der Waals surface area contributed by atoms with Crippen molar-refractivity contribution in [2.75, 3.05) is 38.6 Å². The van der Waals surface area contributed by atoms with Crippen molar-refractivity contribution in [1.29, 1.82) is 0 Å². The summed E-state index contributed by atoms with van der Waals surface area (Å²) in [4.78, 5) is 4.77. The number of alkyl halides is 1. The molecule has 1 saturated heterocycles. The first-order valence-corrected chi connectivity index (χ1v) is 6.46. The molecule has 1 rings (SSSR count). The number of aliphatic hydroxyl groups excluding tert-OH is 1. The average Bonchev–Trinajstić information content (AvgIpc) is 2.20. The maximum Gasteiger partial charge on any atom is 0.0763 e. The Hall–Kier alpha value is 0.360. The van der Waals surface area contributed by atoms with Crippen LogP contribution in [0.2, 0.25) is 0 Å². The molecule has 1 aliphatic rings. The Morgan fingerprint density at radius 2 is 2.21 bits per heavy atom. The van der Waals surface area contributed by atoms with E-state index < -0.39 is 0 Å². The fourth-order valence-corrected chi connectivity index (χ4v) is 2.17. The Labute approximate surface area is 95.2 Å². The largest absolute Gasteiger partial charge is 0.391 e. The van der Waals surface area contributed by atoms with E-state index in [4.69, 9.17) is 0 Å². The van der Waals surface area contributed by atoms with E-state index in [0.29, 0.717) is 11.4 Å². The summed E-state index contributed by atoms with van der Waals surface area (Å²) in [7, 11) is 2.19. The molecule has 0 radical (unpaired) electrons. The predicted molar refractivity (Wildman–Crippen MR) is 62.9 cm³/mol. The standard InChI is InChI=1S/C10H21BrN2O/c1-3-9-7-13(5-4-12(9)2)8-10(14)6-11/h9-10,14H,3-8H2,1-2H3. The number of likely N-dealkylation sites (N-methyl/N-ethyl adjacent to an activating group) is 1. The second kappa shape index (κ2) is 6.05. The first-order chi connectivity index (χ1) is 6.67. The van der Waals surface area contributed by atoms with Gasteiger partial charge in [0.15, 0.2) is 0 Å². The maximum absolute atomic E-state index is 9.53. The summed E-state index contributed by atoms with van der Waals surface area (Å²) in [5.41, 5.74) is 0. The van der Waals surface area contributed by atoms with Crippen molar-refractivity contribution < 1.29 is 5.11 Å². The van der Waals surface area contributed by atoms with Crippen LogP contribution in [0.5, 0.6) is 0 Å². The molecule has 0 aliphatic carbocycles. The van der Waals surface area contributed by atoms with Crippen LogP contribution in [0.1, 0.15) is 13.3 Å². The quantitative estimate of drug-likeness (QED) is 0.761. The number of hydrogen-bond donors (Lipinski definition) is 1. The molecule has 1 heterocycles. The third-order valence-corrected chi connectivity index (χ3v) is 3.73. The van der Waals surface area contributed by atoms with Gasteiger partial charge in [0.2, 0.25) is 0 Å². The first-order valence-electron chi connectivity index (χ1n) is 5.34. The number of hydrogen-bond acceptors (Lipinski definition) is 3. The van der Waals surface area contributed by atoms with E-state index in [0.717, 1.165) is 26.2 Å². The molecule has 4 heteroatoms. The minimum absolute atomic E-state index is 0.226. The Balaban J connectivity index is 2.34. The molecule has 14 heavy (non-hydrogen) atoms. The van der Waals surface area contributed by atoms with Gasteiger partial charge < -0.3 is 10.0 Å². The molecule has 0 spiro atoms. The number of rotatable bonds is 4. The number of aliphatic hydroxyl groups is 1. The molecule has 3 nitrogen and oxygen atoms in total. The third kappa shape index (κ3) is 3.50. The summed E-state index contributed by atoms with van der Waals surface area (Å²) >= 11 is 3.30. The van der Waals surface area contributed by atoms with Crippen LogP contribution < -0.4 is 0 Å². The summed E-state index contributed by atoms with van der Waals surface area (Å²) < 4.78 is 0. The first kappa shape index (κ1) is 12.4. The summed E-state index contributed by atoms with van der Waals surface area (Å²) in [6.07, 6.45) is 0.966. The minimum atomic E-state index is -0.226. The van der Waals surface area contributed by atoms with Crippen molar-refractivity contribution in [1.82, 2.24) is 9.80 Å². The van der Waals surface area contributed by atoms with Gasteiger partial charge >= 0.3 is 0 Å². The Bertz CT molecular complexity index is 168. The number of nitrogens with zero attached hydrogens (tertiary/aromatic N) is 2. The van der Waals surface area contributed by atoms with E-state index in [2.05, 4.69) is 39.7 Å². The molecule has 84 valence electrons. The molecule has 0 aromatic heterocycles. The van der Waals surface area contributed by atoms with Gasteiger partial charge in [-0.25, -0.2) is 0 Å². The van der Waals surface area contributed by atoms with Crippen LogP contribution >= 0.6 is 15.9 Å². The van der Waals surface area contributed by atoms with Gasteiger partial charge in [-0.15, -0.1) is 0 Å². The van der Waals surface area contributed by atoms with Gasteiger partial charge in [0, 0.05) is 37.6 Å². The lowest BCUT2D eigenvalue weighted by Crippen LogP contribution is -2.52. The van der Waals surface area contributed by atoms with Gasteiger partial charge in [0.1, 0.15) is 0 Å². The van der Waals surface area contributed by atoms with E-state index in [1.165, 1.54) is 6.42 Å². The van der Waals surface area contributed by atoms with E-state index in [9.17, 15) is 5.11 Å². The molecule has 2 unspecified atom stereocenters. The minimum Gasteiger partial charge on any atom is -0.391 e. The van der Waals surface area contributed by atoms with Crippen LogP contribution in [0.3, 0.4) is 0 Å². The summed E-state index contributed by atoms with van der Waals surface area (Å²) in [6.45, 7) is 6.32. The number of piperazine rings is 1. The zero-order valence-corrected chi connectivity index (χ0v) is 10.7. The van der Waals surface area contributed by atoms with E-state index >= 15 is 0 Å². The molecule has 1 fully saturated rings. The molecule has 1 aliphatic heterocycles. The highest BCUT2D eigenvalue weighted by atomic mass is 79.9. The molecular weight excluding hydrogens is 244 g/mol. The molecular formula is C10H21BrN2O. The maximum atomic E-state index is 9.53. The average molecular weight is 265 g/mol. The zero-order chi connectivity index (χ0) is 10.6. The SMILES string of the molecule is CCC1CN(CC(O)CBr)CCN1C. The second-order valence-electron chi connectivity index (χ2n) is 4.11. The van der Waals surface area contributed by atoms with Crippen molar-refractivity contribution in [2.24, 2.45) is 0 Å². The van der Waals surface area contributed by atoms with Crippen molar-refractivity contribution in [3.63, 3.8) is 0 Å². The van der Waals surface area contributed by atoms with E-state index in [1.54, 1.807) is 0 Å². The van der Waals surface area contributed by atoms with Crippen LogP contribution in [-0.4, -0.2) is 65.6 Å². The highest BCUT2D eigenvalue weighted by molar-refractivity contribution is 9.09. The van der Waals surface area contributed by atoms with Crippen molar-refractivity contribution in [2.45, 2.75) is 25.5 Å². The van der Waals surface area contributed by atoms with E-state index in [1.807, 2.05) is 0 Å². The normalized spacial score (nSPS) is 27.9. The Kier molecular flexibility index (Phi) is 5.38. The summed E-state index contributed by atoms with van der Waals surface area (Å²) in [5, 5.41) is 10.2. The summed E-state index contributed by atoms with van der Waals surface area (Å²) in [6, 6.07) is 0.659. The van der Waals surface area contributed by atoms with Gasteiger partial charge in [-0.3, -0.25) is 4.90 Å². The topological polar surface area (TPSA) is 26.7 Å². The lowest BCUT2D eigenvalue weighted by molar-refractivity contribution is 0.0583. The number of halogens is 1. The monoisotopic (exact) mass is 264 g/mol. The van der Waals surface area contributed by atoms with Crippen molar-refractivity contribution >= 4 is 15.9 Å². The van der Waals surface area contributed by atoms with Gasteiger partial charge in [0.05, 0.1) is 6.10 Å². The highest BCUT2D eigenvalue weighted by Gasteiger charge is 2.23.